The van der Waals surface area contributed by atoms with E-state index < -0.39 is 0 Å². The summed E-state index contributed by atoms with van der Waals surface area (Å²) in [5.41, 5.74) is 1.13. The third kappa shape index (κ3) is 1.76. The Hall–Kier alpha value is -0.0800. The van der Waals surface area contributed by atoms with Crippen molar-refractivity contribution in [2.45, 2.75) is 65.5 Å². The van der Waals surface area contributed by atoms with Crippen LogP contribution in [0.4, 0.5) is 0 Å². The van der Waals surface area contributed by atoms with Crippen molar-refractivity contribution in [2.75, 3.05) is 19.6 Å². The minimum Gasteiger partial charge on any atom is -0.311 e. The second kappa shape index (κ2) is 4.21. The number of nitrogens with zero attached hydrogens (tertiary/aromatic N) is 1. The number of fused-ring (bicyclic) bond motifs is 2. The van der Waals surface area contributed by atoms with Gasteiger partial charge >= 0.3 is 0 Å². The average Bonchev–Trinajstić information content (AvgIpc) is 2.80. The first-order valence-corrected chi connectivity index (χ1v) is 7.95. The number of nitrogens with one attached hydrogen (secondary N) is 1. The molecule has 0 spiro atoms. The largest absolute Gasteiger partial charge is 0.311 e. The maximum atomic E-state index is 3.66. The van der Waals surface area contributed by atoms with E-state index in [2.05, 4.69) is 37.9 Å². The van der Waals surface area contributed by atoms with Crippen LogP contribution in [-0.4, -0.2) is 36.6 Å². The van der Waals surface area contributed by atoms with E-state index in [4.69, 9.17) is 0 Å². The molecule has 1 heterocycles. The van der Waals surface area contributed by atoms with Crippen LogP contribution < -0.4 is 5.32 Å². The summed E-state index contributed by atoms with van der Waals surface area (Å²) < 4.78 is 0. The Morgan fingerprint density at radius 2 is 2.06 bits per heavy atom. The first kappa shape index (κ1) is 12.9. The van der Waals surface area contributed by atoms with E-state index in [1.807, 2.05) is 0 Å². The molecule has 0 radical (unpaired) electrons. The van der Waals surface area contributed by atoms with Crippen molar-refractivity contribution in [2.24, 2.45) is 16.7 Å². The van der Waals surface area contributed by atoms with Crippen molar-refractivity contribution >= 4 is 0 Å². The zero-order chi connectivity index (χ0) is 13.0. The standard InChI is InChI=1S/C16H30N2/c1-5-13-11-18(9-8-17-13)14-15(2,3)12-6-7-16(14,4)10-12/h12-14,17H,5-11H2,1-4H3. The minimum atomic E-state index is 0.530. The van der Waals surface area contributed by atoms with Crippen LogP contribution in [0.5, 0.6) is 0 Å². The van der Waals surface area contributed by atoms with E-state index in [0.717, 1.165) is 18.0 Å². The fourth-order valence-corrected chi connectivity index (χ4v) is 5.55. The van der Waals surface area contributed by atoms with E-state index in [9.17, 15) is 0 Å². The first-order chi connectivity index (χ1) is 8.47. The topological polar surface area (TPSA) is 15.3 Å². The molecule has 4 unspecified atom stereocenters. The van der Waals surface area contributed by atoms with E-state index in [-0.39, 0.29) is 0 Å². The summed E-state index contributed by atoms with van der Waals surface area (Å²) in [7, 11) is 0. The Morgan fingerprint density at radius 1 is 1.28 bits per heavy atom. The normalized spacial score (nSPS) is 47.7. The lowest BCUT2D eigenvalue weighted by molar-refractivity contribution is -0.0115. The number of hydrogen-bond donors (Lipinski definition) is 1. The number of hydrogen-bond acceptors (Lipinski definition) is 2. The molecule has 1 saturated heterocycles. The SMILES string of the molecule is CCC1CN(C2C3(C)CCC(C3)C2(C)C)CCN1. The van der Waals surface area contributed by atoms with Gasteiger partial charge in [-0.3, -0.25) is 4.90 Å². The van der Waals surface area contributed by atoms with Crippen LogP contribution in [0.2, 0.25) is 0 Å². The molecule has 1 aliphatic heterocycles. The molecular formula is C16H30N2. The quantitative estimate of drug-likeness (QED) is 0.811. The van der Waals surface area contributed by atoms with Crippen molar-refractivity contribution in [1.82, 2.24) is 10.2 Å². The lowest BCUT2D eigenvalue weighted by atomic mass is 9.67. The van der Waals surface area contributed by atoms with Crippen molar-refractivity contribution in [3.63, 3.8) is 0 Å². The van der Waals surface area contributed by atoms with Gasteiger partial charge in [-0.25, -0.2) is 0 Å². The minimum absolute atomic E-state index is 0.530. The number of rotatable bonds is 2. The van der Waals surface area contributed by atoms with Crippen molar-refractivity contribution < 1.29 is 0 Å². The Morgan fingerprint density at radius 3 is 2.67 bits per heavy atom. The summed E-state index contributed by atoms with van der Waals surface area (Å²) in [4.78, 5) is 2.84. The van der Waals surface area contributed by atoms with E-state index in [0.29, 0.717) is 10.8 Å². The summed E-state index contributed by atoms with van der Waals surface area (Å²) >= 11 is 0. The van der Waals surface area contributed by atoms with Crippen LogP contribution in [0.1, 0.15) is 53.4 Å². The Labute approximate surface area is 113 Å². The highest BCUT2D eigenvalue weighted by Crippen LogP contribution is 2.64. The van der Waals surface area contributed by atoms with Crippen LogP contribution in [0.25, 0.3) is 0 Å². The lowest BCUT2D eigenvalue weighted by Gasteiger charge is -2.51. The average molecular weight is 250 g/mol. The third-order valence-electron chi connectivity index (χ3n) is 6.34. The molecule has 3 rings (SSSR count). The van der Waals surface area contributed by atoms with Gasteiger partial charge in [0.1, 0.15) is 0 Å². The molecule has 18 heavy (non-hydrogen) atoms. The fraction of sp³-hybridized carbons (Fsp3) is 1.00. The molecule has 2 aliphatic carbocycles. The molecule has 0 aromatic rings. The summed E-state index contributed by atoms with van der Waals surface area (Å²) in [6.07, 6.45) is 5.69. The van der Waals surface area contributed by atoms with E-state index in [1.165, 1.54) is 45.3 Å². The number of piperazine rings is 1. The van der Waals surface area contributed by atoms with Crippen molar-refractivity contribution in [3.8, 4) is 0 Å². The molecule has 2 saturated carbocycles. The predicted molar refractivity (Wildman–Crippen MR) is 76.7 cm³/mol. The third-order valence-corrected chi connectivity index (χ3v) is 6.34. The van der Waals surface area contributed by atoms with Crippen LogP contribution in [0, 0.1) is 16.7 Å². The van der Waals surface area contributed by atoms with Gasteiger partial charge in [0.25, 0.3) is 0 Å². The maximum Gasteiger partial charge on any atom is 0.0204 e. The first-order valence-electron chi connectivity index (χ1n) is 7.95. The molecular weight excluding hydrogens is 220 g/mol. The summed E-state index contributed by atoms with van der Waals surface area (Å²) in [5.74, 6) is 0.975. The molecule has 2 heteroatoms. The van der Waals surface area contributed by atoms with Gasteiger partial charge in [0.15, 0.2) is 0 Å². The summed E-state index contributed by atoms with van der Waals surface area (Å²) in [6.45, 7) is 13.7. The Balaban J connectivity index is 1.82. The molecule has 0 aromatic carbocycles. The van der Waals surface area contributed by atoms with Gasteiger partial charge < -0.3 is 5.32 Å². The van der Waals surface area contributed by atoms with Crippen molar-refractivity contribution in [1.29, 1.82) is 0 Å². The Bertz CT molecular complexity index is 320. The van der Waals surface area contributed by atoms with Crippen LogP contribution in [0.15, 0.2) is 0 Å². The van der Waals surface area contributed by atoms with Crippen molar-refractivity contribution in [3.05, 3.63) is 0 Å². The second-order valence-electron chi connectivity index (χ2n) is 7.87. The molecule has 0 aromatic heterocycles. The van der Waals surface area contributed by atoms with Crippen LogP contribution in [0.3, 0.4) is 0 Å². The summed E-state index contributed by atoms with van der Waals surface area (Å²) in [6, 6.07) is 1.54. The van der Waals surface area contributed by atoms with Gasteiger partial charge in [0.2, 0.25) is 0 Å². The van der Waals surface area contributed by atoms with Crippen LogP contribution >= 0.6 is 0 Å². The molecule has 3 aliphatic rings. The highest BCUT2D eigenvalue weighted by atomic mass is 15.2. The zero-order valence-electron chi connectivity index (χ0n) is 12.6. The van der Waals surface area contributed by atoms with E-state index in [1.54, 1.807) is 0 Å². The monoisotopic (exact) mass is 250 g/mol. The van der Waals surface area contributed by atoms with Gasteiger partial charge in [-0.2, -0.15) is 0 Å². The molecule has 1 N–H and O–H groups in total. The van der Waals surface area contributed by atoms with Crippen LogP contribution in [-0.2, 0) is 0 Å². The smallest absolute Gasteiger partial charge is 0.0204 e. The highest BCUT2D eigenvalue weighted by molar-refractivity contribution is 5.13. The van der Waals surface area contributed by atoms with Gasteiger partial charge in [0, 0.05) is 31.7 Å². The van der Waals surface area contributed by atoms with Gasteiger partial charge in [-0.1, -0.05) is 27.7 Å². The molecule has 4 atom stereocenters. The maximum absolute atomic E-state index is 3.66. The highest BCUT2D eigenvalue weighted by Gasteiger charge is 2.61. The zero-order valence-corrected chi connectivity index (χ0v) is 12.6. The predicted octanol–water partition coefficient (Wildman–Crippen LogP) is 2.89. The summed E-state index contributed by atoms with van der Waals surface area (Å²) in [5, 5.41) is 3.66. The second-order valence-corrected chi connectivity index (χ2v) is 7.87. The van der Waals surface area contributed by atoms with Gasteiger partial charge in [0.05, 0.1) is 0 Å². The molecule has 104 valence electrons. The molecule has 2 nitrogen and oxygen atoms in total. The van der Waals surface area contributed by atoms with Gasteiger partial charge in [-0.05, 0) is 42.4 Å². The molecule has 3 fully saturated rings. The van der Waals surface area contributed by atoms with E-state index >= 15 is 0 Å². The molecule has 2 bridgehead atoms. The lowest BCUT2D eigenvalue weighted by Crippen LogP contribution is -2.60. The fourth-order valence-electron chi connectivity index (χ4n) is 5.55. The van der Waals surface area contributed by atoms with Gasteiger partial charge in [-0.15, -0.1) is 0 Å². The molecule has 0 amide bonds. The Kier molecular flexibility index (Phi) is 3.02.